The Labute approximate surface area is 194 Å². The predicted octanol–water partition coefficient (Wildman–Crippen LogP) is 2.80. The first-order chi connectivity index (χ1) is 16.0. The van der Waals surface area contributed by atoms with Crippen molar-refractivity contribution in [3.8, 4) is 5.75 Å². The molecule has 0 radical (unpaired) electrons. The number of hydrogen-bond donors (Lipinski definition) is 2. The molecule has 1 saturated heterocycles. The van der Waals surface area contributed by atoms with Gasteiger partial charge in [-0.3, -0.25) is 10.1 Å². The number of amides is 1. The van der Waals surface area contributed by atoms with Crippen LogP contribution in [-0.4, -0.2) is 59.7 Å². The Bertz CT molecular complexity index is 1110. The van der Waals surface area contributed by atoms with Crippen molar-refractivity contribution in [1.29, 1.82) is 0 Å². The molecule has 0 saturated carbocycles. The minimum Gasteiger partial charge on any atom is -0.494 e. The van der Waals surface area contributed by atoms with Crippen LogP contribution in [0, 0.1) is 12.7 Å². The maximum Gasteiger partial charge on any atom is 0.259 e. The zero-order chi connectivity index (χ0) is 23.4. The molecule has 1 aliphatic heterocycles. The van der Waals surface area contributed by atoms with Crippen LogP contribution >= 0.6 is 11.3 Å². The van der Waals surface area contributed by atoms with Gasteiger partial charge in [-0.1, -0.05) is 17.4 Å². The lowest BCUT2D eigenvalue weighted by molar-refractivity contribution is -0.126. The van der Waals surface area contributed by atoms with Crippen molar-refractivity contribution in [3.63, 3.8) is 0 Å². The van der Waals surface area contributed by atoms with Crippen LogP contribution in [0.3, 0.4) is 0 Å². The zero-order valence-electron chi connectivity index (χ0n) is 18.4. The van der Waals surface area contributed by atoms with Crippen LogP contribution in [0.15, 0.2) is 30.3 Å². The molecule has 2 aromatic heterocycles. The number of nitrogens with zero attached hydrogens (tertiary/aromatic N) is 5. The van der Waals surface area contributed by atoms with Crippen LogP contribution in [0.1, 0.15) is 23.8 Å². The number of rotatable bonds is 8. The lowest BCUT2D eigenvalue weighted by atomic mass is 10.1. The summed E-state index contributed by atoms with van der Waals surface area (Å²) in [4.78, 5) is 14.9. The summed E-state index contributed by atoms with van der Waals surface area (Å²) in [6, 6.07) is 8.21. The zero-order valence-corrected chi connectivity index (χ0v) is 19.2. The number of anilines is 3. The number of halogens is 1. The number of carbonyl (C=O) groups excluding carboxylic acids is 1. The van der Waals surface area contributed by atoms with Gasteiger partial charge in [0.15, 0.2) is 23.5 Å². The number of benzene rings is 1. The molecule has 33 heavy (non-hydrogen) atoms. The molecule has 1 aliphatic rings. The van der Waals surface area contributed by atoms with Crippen LogP contribution in [0.5, 0.6) is 5.75 Å². The third-order valence-corrected chi connectivity index (χ3v) is 6.00. The molecule has 1 amide bonds. The van der Waals surface area contributed by atoms with Gasteiger partial charge in [0.05, 0.1) is 12.8 Å². The summed E-state index contributed by atoms with van der Waals surface area (Å²) >= 11 is 1.23. The highest BCUT2D eigenvalue weighted by molar-refractivity contribution is 7.19. The van der Waals surface area contributed by atoms with Crippen molar-refractivity contribution in [2.75, 3.05) is 42.8 Å². The van der Waals surface area contributed by atoms with Crippen LogP contribution in [0.4, 0.5) is 20.5 Å². The second-order valence-electron chi connectivity index (χ2n) is 7.52. The molecule has 12 heteroatoms. The minimum absolute atomic E-state index is 0.0342. The van der Waals surface area contributed by atoms with Gasteiger partial charge in [-0.25, -0.2) is 4.39 Å². The summed E-state index contributed by atoms with van der Waals surface area (Å²) in [6.45, 7) is 3.52. The SMILES string of the molecule is COc1cc(C(OC)C(=O)Nc2nnc(N[C@@H]3CCN(c4ccc(C)nn4)C3)s2)ccc1F. The largest absolute Gasteiger partial charge is 0.494 e. The average Bonchev–Trinajstić information content (AvgIpc) is 3.45. The van der Waals surface area contributed by atoms with E-state index in [4.69, 9.17) is 9.47 Å². The highest BCUT2D eigenvalue weighted by Crippen LogP contribution is 2.28. The molecule has 1 unspecified atom stereocenters. The second-order valence-corrected chi connectivity index (χ2v) is 8.50. The van der Waals surface area contributed by atoms with Gasteiger partial charge in [0, 0.05) is 26.2 Å². The van der Waals surface area contributed by atoms with Gasteiger partial charge in [0.1, 0.15) is 0 Å². The first-order valence-corrected chi connectivity index (χ1v) is 11.1. The average molecular weight is 474 g/mol. The van der Waals surface area contributed by atoms with E-state index in [1.807, 2.05) is 19.1 Å². The molecule has 1 aromatic carbocycles. The summed E-state index contributed by atoms with van der Waals surface area (Å²) in [6.07, 6.45) is -0.0477. The van der Waals surface area contributed by atoms with E-state index in [1.165, 1.54) is 43.8 Å². The summed E-state index contributed by atoms with van der Waals surface area (Å²) < 4.78 is 24.0. The first-order valence-electron chi connectivity index (χ1n) is 10.3. The Balaban J connectivity index is 1.35. The highest BCUT2D eigenvalue weighted by atomic mass is 32.1. The van der Waals surface area contributed by atoms with Crippen molar-refractivity contribution >= 4 is 33.3 Å². The quantitative estimate of drug-likeness (QED) is 0.510. The van der Waals surface area contributed by atoms with Gasteiger partial charge in [-0.15, -0.1) is 15.3 Å². The van der Waals surface area contributed by atoms with Gasteiger partial charge >= 0.3 is 0 Å². The van der Waals surface area contributed by atoms with Crippen molar-refractivity contribution < 1.29 is 18.7 Å². The van der Waals surface area contributed by atoms with E-state index in [0.717, 1.165) is 31.0 Å². The standard InChI is InChI=1S/C21H24FN7O3S/c1-12-4-7-17(26-25-12)29-9-8-14(11-29)23-20-27-28-21(33-20)24-19(30)18(32-3)13-5-6-15(22)16(10-13)31-2/h4-7,10,14,18H,8-9,11H2,1-3H3,(H,23,27)(H,24,28,30)/t14-,18?/m1/s1. The lowest BCUT2D eigenvalue weighted by Crippen LogP contribution is -2.26. The number of ether oxygens (including phenoxy) is 2. The molecule has 2 N–H and O–H groups in total. The fourth-order valence-corrected chi connectivity index (χ4v) is 4.28. The van der Waals surface area contributed by atoms with Gasteiger partial charge < -0.3 is 19.7 Å². The molecular weight excluding hydrogens is 449 g/mol. The fraction of sp³-hybridized carbons (Fsp3) is 0.381. The predicted molar refractivity (Wildman–Crippen MR) is 122 cm³/mol. The maximum atomic E-state index is 13.7. The van der Waals surface area contributed by atoms with Crippen LogP contribution in [0.2, 0.25) is 0 Å². The fourth-order valence-electron chi connectivity index (χ4n) is 3.56. The van der Waals surface area contributed by atoms with E-state index in [9.17, 15) is 9.18 Å². The Morgan fingerprint density at radius 2 is 2.00 bits per heavy atom. The Morgan fingerprint density at radius 3 is 2.73 bits per heavy atom. The van der Waals surface area contributed by atoms with Gasteiger partial charge in [-0.2, -0.15) is 5.10 Å². The minimum atomic E-state index is -0.959. The molecule has 3 heterocycles. The molecule has 1 fully saturated rings. The van der Waals surface area contributed by atoms with Crippen molar-refractivity contribution in [1.82, 2.24) is 20.4 Å². The molecule has 174 valence electrons. The number of nitrogens with one attached hydrogen (secondary N) is 2. The van der Waals surface area contributed by atoms with E-state index in [2.05, 4.69) is 35.9 Å². The van der Waals surface area contributed by atoms with Crippen molar-refractivity contribution in [3.05, 3.63) is 47.4 Å². The monoisotopic (exact) mass is 473 g/mol. The summed E-state index contributed by atoms with van der Waals surface area (Å²) in [5.41, 5.74) is 1.34. The molecule has 2 atom stereocenters. The third-order valence-electron chi connectivity index (χ3n) is 5.23. The normalized spacial score (nSPS) is 16.5. The molecule has 10 nitrogen and oxygen atoms in total. The van der Waals surface area contributed by atoms with Crippen molar-refractivity contribution in [2.45, 2.75) is 25.5 Å². The van der Waals surface area contributed by atoms with Gasteiger partial charge in [-0.05, 0) is 43.2 Å². The van der Waals surface area contributed by atoms with Gasteiger partial charge in [0.2, 0.25) is 10.3 Å². The number of aryl methyl sites for hydroxylation is 1. The lowest BCUT2D eigenvalue weighted by Gasteiger charge is -2.17. The highest BCUT2D eigenvalue weighted by Gasteiger charge is 2.26. The van der Waals surface area contributed by atoms with Crippen LogP contribution < -0.4 is 20.3 Å². The number of methoxy groups -OCH3 is 2. The van der Waals surface area contributed by atoms with E-state index >= 15 is 0 Å². The van der Waals surface area contributed by atoms with Gasteiger partial charge in [0.25, 0.3) is 5.91 Å². The van der Waals surface area contributed by atoms with Crippen LogP contribution in [-0.2, 0) is 9.53 Å². The first kappa shape index (κ1) is 22.8. The molecule has 4 rings (SSSR count). The molecule has 0 bridgehead atoms. The second kappa shape index (κ2) is 10.0. The number of aromatic nitrogens is 4. The molecule has 0 aliphatic carbocycles. The van der Waals surface area contributed by atoms with E-state index < -0.39 is 17.8 Å². The summed E-state index contributed by atoms with van der Waals surface area (Å²) in [5.74, 6) is -0.0831. The number of hydrogen-bond acceptors (Lipinski definition) is 10. The number of carbonyl (C=O) groups is 1. The maximum absolute atomic E-state index is 13.7. The molecule has 3 aromatic rings. The Morgan fingerprint density at radius 1 is 1.18 bits per heavy atom. The van der Waals surface area contributed by atoms with Crippen LogP contribution in [0.25, 0.3) is 0 Å². The summed E-state index contributed by atoms with van der Waals surface area (Å²) in [7, 11) is 2.76. The third kappa shape index (κ3) is 5.34. The topological polar surface area (TPSA) is 114 Å². The van der Waals surface area contributed by atoms with E-state index in [0.29, 0.717) is 15.8 Å². The molecule has 0 spiro atoms. The van der Waals surface area contributed by atoms with E-state index in [1.54, 1.807) is 0 Å². The Kier molecular flexibility index (Phi) is 6.94. The smallest absolute Gasteiger partial charge is 0.259 e. The summed E-state index contributed by atoms with van der Waals surface area (Å²) in [5, 5.41) is 23.5. The molecular formula is C21H24FN7O3S. The van der Waals surface area contributed by atoms with Crippen molar-refractivity contribution in [2.24, 2.45) is 0 Å². The Hall–Kier alpha value is -3.38. The van der Waals surface area contributed by atoms with E-state index in [-0.39, 0.29) is 11.8 Å².